The molecule has 1 aromatic heterocycles. The fourth-order valence-corrected chi connectivity index (χ4v) is 3.04. The largest absolute Gasteiger partial charge is 0.340 e. The molecule has 0 spiro atoms. The Morgan fingerprint density at radius 1 is 0.900 bits per heavy atom. The van der Waals surface area contributed by atoms with Crippen molar-refractivity contribution in [1.29, 1.82) is 0 Å². The molecule has 0 saturated carbocycles. The second-order valence-electron chi connectivity index (χ2n) is 7.12. The molecule has 3 amide bonds. The summed E-state index contributed by atoms with van der Waals surface area (Å²) in [5.74, 6) is -0.910. The number of anilines is 2. The Hall–Kier alpha value is -3.94. The number of nitrogens with zero attached hydrogens (tertiary/aromatic N) is 2. The lowest BCUT2D eigenvalue weighted by molar-refractivity contribution is 0.0642. The lowest BCUT2D eigenvalue weighted by Crippen LogP contribution is -2.42. The average molecular weight is 403 g/mol. The molecule has 2 heterocycles. The van der Waals surface area contributed by atoms with Gasteiger partial charge in [0.2, 0.25) is 0 Å². The van der Waals surface area contributed by atoms with E-state index >= 15 is 0 Å². The van der Waals surface area contributed by atoms with Gasteiger partial charge in [0.25, 0.3) is 17.7 Å². The molecule has 3 N–H and O–H groups in total. The summed E-state index contributed by atoms with van der Waals surface area (Å²) in [6.45, 7) is 3.34. The predicted octanol–water partition coefficient (Wildman–Crippen LogP) is 3.07. The monoisotopic (exact) mass is 403 g/mol. The van der Waals surface area contributed by atoms with Crippen LogP contribution in [0.5, 0.6) is 0 Å². The van der Waals surface area contributed by atoms with Gasteiger partial charge in [-0.3, -0.25) is 14.4 Å². The molecule has 152 valence electrons. The number of likely N-dealkylation sites (tertiary alicyclic amines) is 1. The Balaban J connectivity index is 1.39. The number of carbonyl (C=O) groups is 3. The summed E-state index contributed by atoms with van der Waals surface area (Å²) >= 11 is 0. The van der Waals surface area contributed by atoms with Crippen LogP contribution in [0.25, 0.3) is 0 Å². The number of nitrogens with one attached hydrogen (secondary N) is 3. The van der Waals surface area contributed by atoms with Crippen LogP contribution in [0.15, 0.2) is 54.9 Å². The predicted molar refractivity (Wildman–Crippen MR) is 113 cm³/mol. The molecule has 0 atom stereocenters. The van der Waals surface area contributed by atoms with Crippen molar-refractivity contribution in [2.24, 2.45) is 0 Å². The van der Waals surface area contributed by atoms with Crippen LogP contribution in [0.3, 0.4) is 0 Å². The second kappa shape index (κ2) is 8.20. The van der Waals surface area contributed by atoms with Gasteiger partial charge in [-0.2, -0.15) is 0 Å². The first kappa shape index (κ1) is 19.4. The number of aromatic nitrogens is 2. The topological polar surface area (TPSA) is 107 Å². The summed E-state index contributed by atoms with van der Waals surface area (Å²) in [5.41, 5.74) is 3.03. The maximum atomic E-state index is 12.6. The molecule has 4 rings (SSSR count). The van der Waals surface area contributed by atoms with Gasteiger partial charge in [-0.1, -0.05) is 17.7 Å². The number of imidazole rings is 1. The quantitative estimate of drug-likeness (QED) is 0.608. The molecule has 0 aliphatic carbocycles. The third kappa shape index (κ3) is 4.07. The number of hydrogen-bond donors (Lipinski definition) is 3. The van der Waals surface area contributed by atoms with E-state index in [1.807, 2.05) is 19.1 Å². The molecule has 0 bridgehead atoms. The molecule has 8 heteroatoms. The van der Waals surface area contributed by atoms with Crippen molar-refractivity contribution in [2.45, 2.75) is 13.3 Å². The maximum absolute atomic E-state index is 12.6. The van der Waals surface area contributed by atoms with E-state index in [1.165, 1.54) is 6.33 Å². The summed E-state index contributed by atoms with van der Waals surface area (Å²) in [7, 11) is 0. The Labute approximate surface area is 173 Å². The normalized spacial score (nSPS) is 12.8. The van der Waals surface area contributed by atoms with Gasteiger partial charge in [-0.25, -0.2) is 4.98 Å². The smallest absolute Gasteiger partial charge is 0.276 e. The minimum Gasteiger partial charge on any atom is -0.340 e. The third-order valence-electron chi connectivity index (χ3n) is 4.93. The molecule has 2 aromatic carbocycles. The zero-order chi connectivity index (χ0) is 21.1. The molecule has 30 heavy (non-hydrogen) atoms. The van der Waals surface area contributed by atoms with Crippen LogP contribution in [0, 0.1) is 6.92 Å². The molecule has 3 aromatic rings. The minimum atomic E-state index is -0.475. The van der Waals surface area contributed by atoms with Gasteiger partial charge in [0, 0.05) is 30.0 Å². The molecule has 0 unspecified atom stereocenters. The van der Waals surface area contributed by atoms with Crippen molar-refractivity contribution >= 4 is 29.1 Å². The Morgan fingerprint density at radius 3 is 2.07 bits per heavy atom. The molecule has 1 fully saturated rings. The fourth-order valence-electron chi connectivity index (χ4n) is 3.04. The van der Waals surface area contributed by atoms with Gasteiger partial charge in [0.1, 0.15) is 5.69 Å². The first-order valence-corrected chi connectivity index (χ1v) is 9.63. The van der Waals surface area contributed by atoms with E-state index < -0.39 is 5.91 Å². The van der Waals surface area contributed by atoms with E-state index in [4.69, 9.17) is 0 Å². The summed E-state index contributed by atoms with van der Waals surface area (Å²) in [6.07, 6.45) is 2.31. The highest BCUT2D eigenvalue weighted by Gasteiger charge is 2.27. The van der Waals surface area contributed by atoms with Crippen molar-refractivity contribution in [2.75, 3.05) is 23.7 Å². The van der Waals surface area contributed by atoms with Gasteiger partial charge >= 0.3 is 0 Å². The van der Waals surface area contributed by atoms with E-state index in [1.54, 1.807) is 41.3 Å². The van der Waals surface area contributed by atoms with Gasteiger partial charge in [0.15, 0.2) is 5.69 Å². The third-order valence-corrected chi connectivity index (χ3v) is 4.93. The Morgan fingerprint density at radius 2 is 1.50 bits per heavy atom. The number of aryl methyl sites for hydroxylation is 1. The van der Waals surface area contributed by atoms with Crippen molar-refractivity contribution in [3.05, 3.63) is 77.4 Å². The molecule has 0 radical (unpaired) electrons. The van der Waals surface area contributed by atoms with Crippen molar-refractivity contribution in [1.82, 2.24) is 14.9 Å². The van der Waals surface area contributed by atoms with E-state index in [2.05, 4.69) is 20.6 Å². The first-order valence-electron chi connectivity index (χ1n) is 9.63. The van der Waals surface area contributed by atoms with Crippen LogP contribution in [-0.2, 0) is 0 Å². The van der Waals surface area contributed by atoms with E-state index in [0.29, 0.717) is 30.0 Å². The van der Waals surface area contributed by atoms with Crippen LogP contribution < -0.4 is 10.6 Å². The number of amides is 3. The van der Waals surface area contributed by atoms with Crippen LogP contribution in [0.2, 0.25) is 0 Å². The van der Waals surface area contributed by atoms with E-state index in [0.717, 1.165) is 12.0 Å². The number of H-pyrrole nitrogens is 1. The van der Waals surface area contributed by atoms with Gasteiger partial charge in [-0.05, 0) is 49.7 Å². The Kier molecular flexibility index (Phi) is 5.30. The van der Waals surface area contributed by atoms with E-state index in [-0.39, 0.29) is 23.2 Å². The van der Waals surface area contributed by atoms with Gasteiger partial charge < -0.3 is 20.5 Å². The van der Waals surface area contributed by atoms with Crippen LogP contribution in [-0.4, -0.2) is 45.7 Å². The number of rotatable bonds is 5. The van der Waals surface area contributed by atoms with Gasteiger partial charge in [-0.15, -0.1) is 0 Å². The highest BCUT2D eigenvalue weighted by molar-refractivity contribution is 6.10. The number of benzene rings is 2. The van der Waals surface area contributed by atoms with E-state index in [9.17, 15) is 14.4 Å². The molecular formula is C22H21N5O3. The highest BCUT2D eigenvalue weighted by atomic mass is 16.2. The standard InChI is InChI=1S/C22H21N5O3/c1-14-3-5-15(6-4-14)20(28)25-16-7-9-17(10-8-16)26-21(29)18-19(24-13-23-18)22(30)27-11-2-12-27/h3-10,13H,2,11-12H2,1H3,(H,23,24)(H,25,28)(H,26,29). The average Bonchev–Trinajstić information content (AvgIpc) is 3.19. The molecule has 1 aliphatic rings. The summed E-state index contributed by atoms with van der Waals surface area (Å²) < 4.78 is 0. The fraction of sp³-hybridized carbons (Fsp3) is 0.182. The molecule has 1 saturated heterocycles. The SMILES string of the molecule is Cc1ccc(C(=O)Nc2ccc(NC(=O)c3nc[nH]c3C(=O)N3CCC3)cc2)cc1. The summed E-state index contributed by atoms with van der Waals surface area (Å²) in [4.78, 5) is 45.7. The second-order valence-corrected chi connectivity index (χ2v) is 7.12. The lowest BCUT2D eigenvalue weighted by Gasteiger charge is -2.30. The van der Waals surface area contributed by atoms with Crippen molar-refractivity contribution in [3.63, 3.8) is 0 Å². The van der Waals surface area contributed by atoms with Crippen LogP contribution >= 0.6 is 0 Å². The van der Waals surface area contributed by atoms with Crippen molar-refractivity contribution < 1.29 is 14.4 Å². The van der Waals surface area contributed by atoms with Crippen LogP contribution in [0.4, 0.5) is 11.4 Å². The Bertz CT molecular complexity index is 1080. The summed E-state index contributed by atoms with van der Waals surface area (Å²) in [5, 5.41) is 5.54. The maximum Gasteiger partial charge on any atom is 0.276 e. The summed E-state index contributed by atoms with van der Waals surface area (Å²) in [6, 6.07) is 14.0. The minimum absolute atomic E-state index is 0.0589. The van der Waals surface area contributed by atoms with Crippen LogP contribution in [0.1, 0.15) is 43.3 Å². The van der Waals surface area contributed by atoms with Gasteiger partial charge in [0.05, 0.1) is 6.33 Å². The zero-order valence-electron chi connectivity index (χ0n) is 16.4. The molecule has 1 aliphatic heterocycles. The lowest BCUT2D eigenvalue weighted by atomic mass is 10.1. The first-order chi connectivity index (χ1) is 14.5. The number of hydrogen-bond acceptors (Lipinski definition) is 4. The number of aromatic amines is 1. The molecular weight excluding hydrogens is 382 g/mol. The zero-order valence-corrected chi connectivity index (χ0v) is 16.4. The van der Waals surface area contributed by atoms with Crippen molar-refractivity contribution in [3.8, 4) is 0 Å². The highest BCUT2D eigenvalue weighted by Crippen LogP contribution is 2.18. The number of carbonyl (C=O) groups excluding carboxylic acids is 3. The molecule has 8 nitrogen and oxygen atoms in total.